The summed E-state index contributed by atoms with van der Waals surface area (Å²) in [6.45, 7) is 0.781. The first-order valence-corrected chi connectivity index (χ1v) is 8.46. The average molecular weight is 324 g/mol. The number of nitrogens with zero attached hydrogens (tertiary/aromatic N) is 3. The molecule has 0 N–H and O–H groups in total. The summed E-state index contributed by atoms with van der Waals surface area (Å²) in [5.74, 6) is 0.106. The minimum atomic E-state index is 0.0158. The van der Waals surface area contributed by atoms with E-state index < -0.39 is 0 Å². The quantitative estimate of drug-likeness (QED) is 0.841. The highest BCUT2D eigenvalue weighted by molar-refractivity contribution is 7.12. The zero-order valence-corrected chi connectivity index (χ0v) is 13.5. The summed E-state index contributed by atoms with van der Waals surface area (Å²) in [7, 11) is 1.89. The number of rotatable bonds is 2. The molecule has 1 aliphatic heterocycles. The Morgan fingerprint density at radius 3 is 2.95 bits per heavy atom. The van der Waals surface area contributed by atoms with Crippen LogP contribution in [0.4, 0.5) is 0 Å². The Labute approximate surface area is 133 Å². The van der Waals surface area contributed by atoms with Crippen LogP contribution in [0.15, 0.2) is 23.7 Å². The molecule has 0 spiro atoms. The van der Waals surface area contributed by atoms with E-state index in [1.807, 2.05) is 29.5 Å². The van der Waals surface area contributed by atoms with E-state index in [4.69, 9.17) is 11.6 Å². The van der Waals surface area contributed by atoms with Crippen molar-refractivity contribution in [3.05, 3.63) is 39.3 Å². The van der Waals surface area contributed by atoms with Gasteiger partial charge in [0, 0.05) is 13.6 Å². The van der Waals surface area contributed by atoms with E-state index in [0.29, 0.717) is 5.02 Å². The standard InChI is InChI=1S/C15H18ClN3OS/c1-18-14(11(16)10-17-18)12-6-3-2-4-8-19(12)15(20)13-7-5-9-21-13/h5,7,9-10,12H,2-4,6,8H2,1H3/t12-/m0/s1. The van der Waals surface area contributed by atoms with Gasteiger partial charge >= 0.3 is 0 Å². The normalized spacial score (nSPS) is 19.5. The lowest BCUT2D eigenvalue weighted by atomic mass is 10.1. The van der Waals surface area contributed by atoms with Crippen LogP contribution in [0.25, 0.3) is 0 Å². The fourth-order valence-corrected chi connectivity index (χ4v) is 3.94. The van der Waals surface area contributed by atoms with Crippen LogP contribution in [0.1, 0.15) is 47.1 Å². The van der Waals surface area contributed by atoms with Gasteiger partial charge < -0.3 is 4.90 Å². The first kappa shape index (κ1) is 14.6. The summed E-state index contributed by atoms with van der Waals surface area (Å²) < 4.78 is 1.80. The predicted octanol–water partition coefficient (Wildman–Crippen LogP) is 3.89. The molecule has 1 saturated heterocycles. The number of amides is 1. The molecule has 1 amide bonds. The maximum Gasteiger partial charge on any atom is 0.264 e. The summed E-state index contributed by atoms with van der Waals surface area (Å²) in [5.41, 5.74) is 0.948. The Hall–Kier alpha value is -1.33. The molecular weight excluding hydrogens is 306 g/mol. The lowest BCUT2D eigenvalue weighted by Gasteiger charge is -2.30. The molecule has 0 unspecified atom stereocenters. The van der Waals surface area contributed by atoms with Gasteiger partial charge in [0.25, 0.3) is 5.91 Å². The molecule has 0 aromatic carbocycles. The summed E-state index contributed by atoms with van der Waals surface area (Å²) >= 11 is 7.80. The van der Waals surface area contributed by atoms with Gasteiger partial charge in [-0.05, 0) is 24.3 Å². The summed E-state index contributed by atoms with van der Waals surface area (Å²) in [6.07, 6.45) is 5.91. The van der Waals surface area contributed by atoms with Gasteiger partial charge in [0.05, 0.1) is 27.8 Å². The molecule has 1 aliphatic rings. The first-order chi connectivity index (χ1) is 10.2. The molecule has 1 fully saturated rings. The fourth-order valence-electron chi connectivity index (χ4n) is 2.97. The van der Waals surface area contributed by atoms with Crippen molar-refractivity contribution < 1.29 is 4.79 Å². The monoisotopic (exact) mass is 323 g/mol. The number of aromatic nitrogens is 2. The van der Waals surface area contributed by atoms with Crippen LogP contribution in [0.5, 0.6) is 0 Å². The number of aryl methyl sites for hydroxylation is 1. The van der Waals surface area contributed by atoms with Crippen LogP contribution in [-0.2, 0) is 7.05 Å². The topological polar surface area (TPSA) is 38.1 Å². The van der Waals surface area contributed by atoms with Gasteiger partial charge in [0.2, 0.25) is 0 Å². The number of hydrogen-bond acceptors (Lipinski definition) is 3. The van der Waals surface area contributed by atoms with Gasteiger partial charge in [-0.1, -0.05) is 30.5 Å². The Balaban J connectivity index is 1.96. The summed E-state index contributed by atoms with van der Waals surface area (Å²) in [4.78, 5) is 15.6. The number of hydrogen-bond donors (Lipinski definition) is 0. The number of thiophene rings is 1. The number of carbonyl (C=O) groups excluding carboxylic acids is 1. The molecule has 0 saturated carbocycles. The number of carbonyl (C=O) groups is 1. The largest absolute Gasteiger partial charge is 0.329 e. The molecule has 112 valence electrons. The van der Waals surface area contributed by atoms with Crippen LogP contribution >= 0.6 is 22.9 Å². The van der Waals surface area contributed by atoms with Gasteiger partial charge in [0.15, 0.2) is 0 Å². The molecule has 0 radical (unpaired) electrons. The molecular formula is C15H18ClN3OS. The van der Waals surface area contributed by atoms with Crippen molar-refractivity contribution in [3.63, 3.8) is 0 Å². The first-order valence-electron chi connectivity index (χ1n) is 7.20. The van der Waals surface area contributed by atoms with E-state index in [2.05, 4.69) is 5.10 Å². The Morgan fingerprint density at radius 1 is 1.43 bits per heavy atom. The van der Waals surface area contributed by atoms with Gasteiger partial charge in [-0.3, -0.25) is 9.48 Å². The van der Waals surface area contributed by atoms with Crippen LogP contribution in [-0.4, -0.2) is 27.1 Å². The van der Waals surface area contributed by atoms with E-state index in [9.17, 15) is 4.79 Å². The van der Waals surface area contributed by atoms with E-state index in [1.165, 1.54) is 11.3 Å². The SMILES string of the molecule is Cn1ncc(Cl)c1[C@@H]1CCCCCN1C(=O)c1cccs1. The highest BCUT2D eigenvalue weighted by Crippen LogP contribution is 2.35. The fraction of sp³-hybridized carbons (Fsp3) is 0.467. The van der Waals surface area contributed by atoms with Gasteiger partial charge in [0.1, 0.15) is 0 Å². The summed E-state index contributed by atoms with van der Waals surface area (Å²) in [5, 5.41) is 6.82. The summed E-state index contributed by atoms with van der Waals surface area (Å²) in [6, 6.07) is 3.82. The molecule has 6 heteroatoms. The van der Waals surface area contributed by atoms with E-state index in [0.717, 1.165) is 42.8 Å². The van der Waals surface area contributed by atoms with E-state index in [-0.39, 0.29) is 11.9 Å². The predicted molar refractivity (Wildman–Crippen MR) is 84.8 cm³/mol. The van der Waals surface area contributed by atoms with Gasteiger partial charge in [-0.2, -0.15) is 5.10 Å². The van der Waals surface area contributed by atoms with Crippen LogP contribution in [0.3, 0.4) is 0 Å². The van der Waals surface area contributed by atoms with Gasteiger partial charge in [-0.15, -0.1) is 11.3 Å². The number of likely N-dealkylation sites (tertiary alicyclic amines) is 1. The maximum atomic E-state index is 12.8. The van der Waals surface area contributed by atoms with Crippen LogP contribution < -0.4 is 0 Å². The van der Waals surface area contributed by atoms with Crippen molar-refractivity contribution in [2.24, 2.45) is 7.05 Å². The Kier molecular flexibility index (Phi) is 4.31. The van der Waals surface area contributed by atoms with Crippen molar-refractivity contribution in [1.82, 2.24) is 14.7 Å². The smallest absolute Gasteiger partial charge is 0.264 e. The second-order valence-corrected chi connectivity index (χ2v) is 6.70. The highest BCUT2D eigenvalue weighted by Gasteiger charge is 2.31. The third-order valence-corrected chi connectivity index (χ3v) is 5.15. The molecule has 4 nitrogen and oxygen atoms in total. The van der Waals surface area contributed by atoms with Crippen molar-refractivity contribution in [2.45, 2.75) is 31.7 Å². The van der Waals surface area contributed by atoms with Crippen molar-refractivity contribution in [3.8, 4) is 0 Å². The molecule has 1 atom stereocenters. The minimum Gasteiger partial charge on any atom is -0.329 e. The average Bonchev–Trinajstić information content (AvgIpc) is 3.04. The van der Waals surface area contributed by atoms with Crippen molar-refractivity contribution in [2.75, 3.05) is 6.54 Å². The molecule has 2 aromatic heterocycles. The van der Waals surface area contributed by atoms with E-state index >= 15 is 0 Å². The Morgan fingerprint density at radius 2 is 2.29 bits per heavy atom. The molecule has 3 heterocycles. The third kappa shape index (κ3) is 2.85. The molecule has 0 bridgehead atoms. The zero-order valence-electron chi connectivity index (χ0n) is 12.0. The van der Waals surface area contributed by atoms with Crippen LogP contribution in [0, 0.1) is 0 Å². The maximum absolute atomic E-state index is 12.8. The van der Waals surface area contributed by atoms with Crippen molar-refractivity contribution in [1.29, 1.82) is 0 Å². The zero-order chi connectivity index (χ0) is 14.8. The van der Waals surface area contributed by atoms with Crippen LogP contribution in [0.2, 0.25) is 5.02 Å². The lowest BCUT2D eigenvalue weighted by Crippen LogP contribution is -2.35. The second kappa shape index (κ2) is 6.20. The Bertz CT molecular complexity index is 603. The second-order valence-electron chi connectivity index (χ2n) is 5.34. The van der Waals surface area contributed by atoms with Gasteiger partial charge in [-0.25, -0.2) is 0 Å². The highest BCUT2D eigenvalue weighted by atomic mass is 35.5. The van der Waals surface area contributed by atoms with Crippen molar-refractivity contribution >= 4 is 28.8 Å². The lowest BCUT2D eigenvalue weighted by molar-refractivity contribution is 0.0678. The number of halogens is 1. The van der Waals surface area contributed by atoms with E-state index in [1.54, 1.807) is 10.9 Å². The minimum absolute atomic E-state index is 0.0158. The molecule has 21 heavy (non-hydrogen) atoms. The molecule has 2 aromatic rings. The third-order valence-electron chi connectivity index (χ3n) is 4.00. The molecule has 0 aliphatic carbocycles. The molecule has 3 rings (SSSR count).